The van der Waals surface area contributed by atoms with Crippen LogP contribution in [0.1, 0.15) is 6.92 Å². The van der Waals surface area contributed by atoms with Crippen molar-refractivity contribution >= 4 is 0 Å². The molecule has 0 aromatic rings. The molecule has 2 rings (SSSR count). The van der Waals surface area contributed by atoms with Gasteiger partial charge in [0.2, 0.25) is 0 Å². The number of hydrogen-bond acceptors (Lipinski definition) is 4. The lowest BCUT2D eigenvalue weighted by Crippen LogP contribution is -2.47. The first kappa shape index (κ1) is 10.4. The molecule has 2 aliphatic heterocycles. The van der Waals surface area contributed by atoms with Gasteiger partial charge in [-0.3, -0.25) is 4.90 Å². The Bertz CT molecular complexity index is 181. The minimum absolute atomic E-state index is 0.00778. The quantitative estimate of drug-likeness (QED) is 0.626. The van der Waals surface area contributed by atoms with Gasteiger partial charge in [-0.25, -0.2) is 0 Å². The van der Waals surface area contributed by atoms with Crippen molar-refractivity contribution in [1.29, 1.82) is 0 Å². The smallest absolute Gasteiger partial charge is 0.170 e. The summed E-state index contributed by atoms with van der Waals surface area (Å²) in [5, 5.41) is 0. The molecule has 14 heavy (non-hydrogen) atoms. The lowest BCUT2D eigenvalue weighted by Gasteiger charge is -2.33. The SMILES string of the molecule is CC1COC(CN2CCN(C)CC2)O1. The monoisotopic (exact) mass is 200 g/mol. The molecule has 0 bridgehead atoms. The summed E-state index contributed by atoms with van der Waals surface area (Å²) in [6, 6.07) is 0. The van der Waals surface area contributed by atoms with E-state index in [0.29, 0.717) is 0 Å². The molecule has 2 aliphatic rings. The van der Waals surface area contributed by atoms with Crippen LogP contribution >= 0.6 is 0 Å². The van der Waals surface area contributed by atoms with E-state index >= 15 is 0 Å². The Kier molecular flexibility index (Phi) is 3.38. The van der Waals surface area contributed by atoms with E-state index in [0.717, 1.165) is 39.3 Å². The van der Waals surface area contributed by atoms with Crippen LogP contribution in [-0.4, -0.2) is 68.6 Å². The van der Waals surface area contributed by atoms with E-state index in [1.54, 1.807) is 0 Å². The molecule has 4 heteroatoms. The van der Waals surface area contributed by atoms with Crippen molar-refractivity contribution < 1.29 is 9.47 Å². The summed E-state index contributed by atoms with van der Waals surface area (Å²) in [5.74, 6) is 0. The molecule has 2 atom stereocenters. The number of nitrogens with zero attached hydrogens (tertiary/aromatic N) is 2. The number of hydrogen-bond donors (Lipinski definition) is 0. The summed E-state index contributed by atoms with van der Waals surface area (Å²) in [7, 11) is 2.17. The van der Waals surface area contributed by atoms with Gasteiger partial charge in [-0.15, -0.1) is 0 Å². The summed E-state index contributed by atoms with van der Waals surface area (Å²) in [4.78, 5) is 4.78. The normalized spacial score (nSPS) is 36.4. The summed E-state index contributed by atoms with van der Waals surface area (Å²) in [6.45, 7) is 8.31. The van der Waals surface area contributed by atoms with Gasteiger partial charge in [-0.05, 0) is 14.0 Å². The first-order valence-corrected chi connectivity index (χ1v) is 5.42. The minimum Gasteiger partial charge on any atom is -0.349 e. The molecule has 0 aromatic heterocycles. The Morgan fingerprint density at radius 1 is 1.21 bits per heavy atom. The average molecular weight is 200 g/mol. The lowest BCUT2D eigenvalue weighted by atomic mass is 10.3. The molecule has 0 aliphatic carbocycles. The molecule has 2 unspecified atom stereocenters. The van der Waals surface area contributed by atoms with Crippen molar-refractivity contribution in [3.8, 4) is 0 Å². The standard InChI is InChI=1S/C10H20N2O2/c1-9-8-13-10(14-9)7-12-5-3-11(2)4-6-12/h9-10H,3-8H2,1-2H3. The van der Waals surface area contributed by atoms with Crippen molar-refractivity contribution in [1.82, 2.24) is 9.80 Å². The van der Waals surface area contributed by atoms with Gasteiger partial charge in [-0.2, -0.15) is 0 Å². The molecular weight excluding hydrogens is 180 g/mol. The summed E-state index contributed by atoms with van der Waals surface area (Å²) < 4.78 is 11.1. The molecule has 0 saturated carbocycles. The maximum Gasteiger partial charge on any atom is 0.170 e. The van der Waals surface area contributed by atoms with Crippen LogP contribution in [0.4, 0.5) is 0 Å². The largest absolute Gasteiger partial charge is 0.349 e. The van der Waals surface area contributed by atoms with Crippen LogP contribution in [0.2, 0.25) is 0 Å². The van der Waals surface area contributed by atoms with Gasteiger partial charge >= 0.3 is 0 Å². The van der Waals surface area contributed by atoms with Crippen LogP contribution in [0.15, 0.2) is 0 Å². The molecule has 2 saturated heterocycles. The first-order valence-electron chi connectivity index (χ1n) is 5.42. The Morgan fingerprint density at radius 3 is 2.50 bits per heavy atom. The molecule has 0 radical (unpaired) electrons. The fourth-order valence-corrected chi connectivity index (χ4v) is 1.92. The summed E-state index contributed by atoms with van der Waals surface area (Å²) in [5.41, 5.74) is 0. The minimum atomic E-state index is 0.00778. The van der Waals surface area contributed by atoms with Crippen LogP contribution in [0.25, 0.3) is 0 Å². The van der Waals surface area contributed by atoms with Crippen molar-refractivity contribution in [2.75, 3.05) is 46.4 Å². The Hall–Kier alpha value is -0.160. The number of likely N-dealkylation sites (N-methyl/N-ethyl adjacent to an activating group) is 1. The van der Waals surface area contributed by atoms with Crippen molar-refractivity contribution in [2.24, 2.45) is 0 Å². The molecule has 0 aromatic carbocycles. The fraction of sp³-hybridized carbons (Fsp3) is 1.00. The zero-order valence-corrected chi connectivity index (χ0v) is 9.11. The predicted molar refractivity (Wildman–Crippen MR) is 54.2 cm³/mol. The average Bonchev–Trinajstić information content (AvgIpc) is 2.56. The first-order chi connectivity index (χ1) is 6.74. The molecule has 0 spiro atoms. The Labute approximate surface area is 85.8 Å². The van der Waals surface area contributed by atoms with Crippen LogP contribution < -0.4 is 0 Å². The second-order valence-electron chi connectivity index (χ2n) is 4.31. The highest BCUT2D eigenvalue weighted by Gasteiger charge is 2.25. The molecule has 4 nitrogen and oxygen atoms in total. The van der Waals surface area contributed by atoms with Gasteiger partial charge in [0.1, 0.15) is 0 Å². The van der Waals surface area contributed by atoms with E-state index in [9.17, 15) is 0 Å². The van der Waals surface area contributed by atoms with Gasteiger partial charge in [0, 0.05) is 32.7 Å². The summed E-state index contributed by atoms with van der Waals surface area (Å²) >= 11 is 0. The van der Waals surface area contributed by atoms with Gasteiger partial charge < -0.3 is 14.4 Å². The van der Waals surface area contributed by atoms with E-state index in [1.807, 2.05) is 0 Å². The lowest BCUT2D eigenvalue weighted by molar-refractivity contribution is -0.0772. The molecule has 82 valence electrons. The van der Waals surface area contributed by atoms with Gasteiger partial charge in [0.15, 0.2) is 6.29 Å². The zero-order valence-electron chi connectivity index (χ0n) is 9.11. The molecular formula is C10H20N2O2. The Balaban J connectivity index is 1.70. The molecule has 0 N–H and O–H groups in total. The van der Waals surface area contributed by atoms with E-state index in [1.165, 1.54) is 0 Å². The number of rotatable bonds is 2. The van der Waals surface area contributed by atoms with Crippen LogP contribution in [0.3, 0.4) is 0 Å². The van der Waals surface area contributed by atoms with Crippen molar-refractivity contribution in [2.45, 2.75) is 19.3 Å². The van der Waals surface area contributed by atoms with Crippen molar-refractivity contribution in [3.63, 3.8) is 0 Å². The highest BCUT2D eigenvalue weighted by atomic mass is 16.7. The highest BCUT2D eigenvalue weighted by Crippen LogP contribution is 2.12. The van der Waals surface area contributed by atoms with E-state index in [2.05, 4.69) is 23.8 Å². The van der Waals surface area contributed by atoms with Crippen LogP contribution in [-0.2, 0) is 9.47 Å². The zero-order chi connectivity index (χ0) is 9.97. The highest BCUT2D eigenvalue weighted by molar-refractivity contribution is 4.72. The molecule has 0 amide bonds. The van der Waals surface area contributed by atoms with E-state index in [-0.39, 0.29) is 12.4 Å². The van der Waals surface area contributed by atoms with Crippen LogP contribution in [0, 0.1) is 0 Å². The predicted octanol–water partition coefficient (Wildman–Crippen LogP) is -0.00480. The summed E-state index contributed by atoms with van der Waals surface area (Å²) in [6.07, 6.45) is 0.279. The maximum absolute atomic E-state index is 5.61. The number of piperazine rings is 1. The van der Waals surface area contributed by atoms with Gasteiger partial charge in [0.05, 0.1) is 12.7 Å². The fourth-order valence-electron chi connectivity index (χ4n) is 1.92. The van der Waals surface area contributed by atoms with E-state index in [4.69, 9.17) is 9.47 Å². The van der Waals surface area contributed by atoms with Crippen molar-refractivity contribution in [3.05, 3.63) is 0 Å². The maximum atomic E-state index is 5.61. The molecule has 2 heterocycles. The Morgan fingerprint density at radius 2 is 1.93 bits per heavy atom. The third kappa shape index (κ3) is 2.67. The van der Waals surface area contributed by atoms with Crippen LogP contribution in [0.5, 0.6) is 0 Å². The molecule has 2 fully saturated rings. The third-order valence-corrected chi connectivity index (χ3v) is 2.90. The van der Waals surface area contributed by atoms with E-state index < -0.39 is 0 Å². The third-order valence-electron chi connectivity index (χ3n) is 2.90. The topological polar surface area (TPSA) is 24.9 Å². The number of ether oxygens (including phenoxy) is 2. The van der Waals surface area contributed by atoms with Gasteiger partial charge in [0.25, 0.3) is 0 Å². The second kappa shape index (κ2) is 4.57. The van der Waals surface area contributed by atoms with Gasteiger partial charge in [-0.1, -0.05) is 0 Å². The second-order valence-corrected chi connectivity index (χ2v) is 4.31.